The molecule has 1 aliphatic rings. The third kappa shape index (κ3) is 2.93. The Kier molecular flexibility index (Phi) is 4.16. The van der Waals surface area contributed by atoms with Crippen LogP contribution in [0.15, 0.2) is 42.7 Å². The first kappa shape index (κ1) is 13.7. The number of hydrogen-bond acceptors (Lipinski definition) is 2. The van der Waals surface area contributed by atoms with Crippen molar-refractivity contribution in [2.45, 2.75) is 38.6 Å². The first-order valence-electron chi connectivity index (χ1n) is 7.50. The van der Waals surface area contributed by atoms with Gasteiger partial charge in [-0.15, -0.1) is 0 Å². The summed E-state index contributed by atoms with van der Waals surface area (Å²) in [5, 5.41) is 4.56. The van der Waals surface area contributed by atoms with Crippen LogP contribution in [0, 0.1) is 5.41 Å². The Bertz CT molecular complexity index is 541. The van der Waals surface area contributed by atoms with E-state index in [2.05, 4.69) is 52.9 Å². The molecule has 20 heavy (non-hydrogen) atoms. The molecule has 0 aliphatic heterocycles. The largest absolute Gasteiger partial charge is 0.272 e. The van der Waals surface area contributed by atoms with Gasteiger partial charge < -0.3 is 0 Å². The van der Waals surface area contributed by atoms with Crippen molar-refractivity contribution in [2.24, 2.45) is 5.41 Å². The Balaban J connectivity index is 1.77. The first-order valence-corrected chi connectivity index (χ1v) is 8.13. The Hall–Kier alpha value is -1.22. The van der Waals surface area contributed by atoms with Crippen molar-refractivity contribution >= 4 is 12.6 Å². The predicted molar refractivity (Wildman–Crippen MR) is 87.0 cm³/mol. The molecule has 1 aliphatic carbocycles. The molecule has 0 radical (unpaired) electrons. The number of hydrogen-bond donors (Lipinski definition) is 1. The van der Waals surface area contributed by atoms with Crippen molar-refractivity contribution in [3.8, 4) is 11.1 Å². The van der Waals surface area contributed by atoms with E-state index < -0.39 is 0 Å². The van der Waals surface area contributed by atoms with Crippen LogP contribution >= 0.6 is 12.6 Å². The first-order chi connectivity index (χ1) is 9.81. The minimum absolute atomic E-state index is 0.349. The molecule has 0 spiro atoms. The lowest BCUT2D eigenvalue weighted by Crippen LogP contribution is -2.31. The van der Waals surface area contributed by atoms with Crippen molar-refractivity contribution in [1.29, 1.82) is 0 Å². The Labute approximate surface area is 126 Å². The summed E-state index contributed by atoms with van der Waals surface area (Å²) in [4.78, 5) is 0. The van der Waals surface area contributed by atoms with Crippen LogP contribution in [0.2, 0.25) is 0 Å². The van der Waals surface area contributed by atoms with Gasteiger partial charge in [0.1, 0.15) is 0 Å². The molecule has 0 atom stereocenters. The van der Waals surface area contributed by atoms with Crippen molar-refractivity contribution in [1.82, 2.24) is 9.78 Å². The normalized spacial score (nSPS) is 18.1. The third-order valence-electron chi connectivity index (χ3n) is 4.49. The van der Waals surface area contributed by atoms with E-state index in [9.17, 15) is 0 Å². The van der Waals surface area contributed by atoms with E-state index in [-0.39, 0.29) is 0 Å². The number of nitrogens with zero attached hydrogens (tertiary/aromatic N) is 2. The SMILES string of the molecule is SCC1(Cn2cc(-c3ccccc3)cn2)CCCCC1. The molecule has 1 aromatic heterocycles. The highest BCUT2D eigenvalue weighted by atomic mass is 32.1. The fraction of sp³-hybridized carbons (Fsp3) is 0.471. The van der Waals surface area contributed by atoms with E-state index in [0.717, 1.165) is 12.3 Å². The molecule has 2 nitrogen and oxygen atoms in total. The highest BCUT2D eigenvalue weighted by molar-refractivity contribution is 7.80. The Morgan fingerprint density at radius 3 is 2.50 bits per heavy atom. The van der Waals surface area contributed by atoms with E-state index in [1.165, 1.54) is 43.2 Å². The molecule has 0 saturated heterocycles. The maximum atomic E-state index is 4.62. The van der Waals surface area contributed by atoms with Crippen LogP contribution in [0.4, 0.5) is 0 Å². The van der Waals surface area contributed by atoms with Crippen molar-refractivity contribution in [2.75, 3.05) is 5.75 Å². The smallest absolute Gasteiger partial charge is 0.0568 e. The van der Waals surface area contributed by atoms with E-state index in [1.54, 1.807) is 0 Å². The summed E-state index contributed by atoms with van der Waals surface area (Å²) in [5.41, 5.74) is 2.79. The van der Waals surface area contributed by atoms with Gasteiger partial charge in [-0.1, -0.05) is 49.6 Å². The fourth-order valence-corrected chi connectivity index (χ4v) is 3.66. The van der Waals surface area contributed by atoms with E-state index in [4.69, 9.17) is 0 Å². The van der Waals surface area contributed by atoms with Crippen LogP contribution in [0.1, 0.15) is 32.1 Å². The van der Waals surface area contributed by atoms with Gasteiger partial charge in [-0.05, 0) is 29.6 Å². The zero-order valence-corrected chi connectivity index (χ0v) is 12.7. The van der Waals surface area contributed by atoms with Gasteiger partial charge in [-0.2, -0.15) is 17.7 Å². The molecule has 1 saturated carbocycles. The van der Waals surface area contributed by atoms with Gasteiger partial charge >= 0.3 is 0 Å². The van der Waals surface area contributed by atoms with Gasteiger partial charge in [0.2, 0.25) is 0 Å². The van der Waals surface area contributed by atoms with E-state index >= 15 is 0 Å². The third-order valence-corrected chi connectivity index (χ3v) is 5.16. The van der Waals surface area contributed by atoms with Crippen LogP contribution in [-0.4, -0.2) is 15.5 Å². The van der Waals surface area contributed by atoms with E-state index in [1.807, 2.05) is 12.3 Å². The Morgan fingerprint density at radius 2 is 1.80 bits per heavy atom. The van der Waals surface area contributed by atoms with Crippen LogP contribution in [0.25, 0.3) is 11.1 Å². The fourth-order valence-electron chi connectivity index (χ4n) is 3.24. The summed E-state index contributed by atoms with van der Waals surface area (Å²) in [6.45, 7) is 1.00. The lowest BCUT2D eigenvalue weighted by molar-refractivity contribution is 0.182. The van der Waals surface area contributed by atoms with Crippen molar-refractivity contribution < 1.29 is 0 Å². The average Bonchev–Trinajstić information content (AvgIpc) is 2.97. The van der Waals surface area contributed by atoms with Crippen LogP contribution in [0.3, 0.4) is 0 Å². The minimum atomic E-state index is 0.349. The molecule has 1 fully saturated rings. The van der Waals surface area contributed by atoms with Gasteiger partial charge in [0, 0.05) is 18.3 Å². The zero-order valence-electron chi connectivity index (χ0n) is 11.8. The van der Waals surface area contributed by atoms with Crippen molar-refractivity contribution in [3.05, 3.63) is 42.7 Å². The molecule has 3 heteroatoms. The summed E-state index contributed by atoms with van der Waals surface area (Å²) in [5.74, 6) is 0.966. The number of benzene rings is 1. The highest BCUT2D eigenvalue weighted by Crippen LogP contribution is 2.38. The number of rotatable bonds is 4. The second-order valence-electron chi connectivity index (χ2n) is 6.01. The van der Waals surface area contributed by atoms with Crippen LogP contribution in [-0.2, 0) is 6.54 Å². The maximum Gasteiger partial charge on any atom is 0.0568 e. The second kappa shape index (κ2) is 6.04. The summed E-state index contributed by atoms with van der Waals surface area (Å²) in [6, 6.07) is 10.5. The molecule has 0 amide bonds. The minimum Gasteiger partial charge on any atom is -0.272 e. The van der Waals surface area contributed by atoms with Gasteiger partial charge in [0.05, 0.1) is 6.20 Å². The topological polar surface area (TPSA) is 17.8 Å². The summed E-state index contributed by atoms with van der Waals surface area (Å²) < 4.78 is 2.11. The lowest BCUT2D eigenvalue weighted by Gasteiger charge is -2.35. The molecular formula is C17H22N2S. The highest BCUT2D eigenvalue weighted by Gasteiger charge is 2.31. The van der Waals surface area contributed by atoms with Gasteiger partial charge in [-0.3, -0.25) is 4.68 Å². The zero-order chi connectivity index (χ0) is 13.8. The molecule has 106 valence electrons. The molecule has 0 N–H and O–H groups in total. The molecule has 2 aromatic rings. The van der Waals surface area contributed by atoms with E-state index in [0.29, 0.717) is 5.41 Å². The van der Waals surface area contributed by atoms with Crippen molar-refractivity contribution in [3.63, 3.8) is 0 Å². The molecular weight excluding hydrogens is 264 g/mol. The van der Waals surface area contributed by atoms with Gasteiger partial charge in [0.25, 0.3) is 0 Å². The quantitative estimate of drug-likeness (QED) is 0.823. The average molecular weight is 286 g/mol. The molecule has 1 aromatic carbocycles. The summed E-state index contributed by atoms with van der Waals surface area (Å²) in [7, 11) is 0. The lowest BCUT2D eigenvalue weighted by atomic mass is 9.75. The molecule has 0 unspecified atom stereocenters. The monoisotopic (exact) mass is 286 g/mol. The maximum absolute atomic E-state index is 4.62. The van der Waals surface area contributed by atoms with Gasteiger partial charge in [-0.25, -0.2) is 0 Å². The summed E-state index contributed by atoms with van der Waals surface area (Å²) in [6.07, 6.45) is 10.8. The standard InChI is InChI=1S/C17H22N2S/c20-14-17(9-5-2-6-10-17)13-19-12-16(11-18-19)15-7-3-1-4-8-15/h1,3-4,7-8,11-12,20H,2,5-6,9-10,13-14H2. The molecule has 0 bridgehead atoms. The number of thiol groups is 1. The second-order valence-corrected chi connectivity index (χ2v) is 6.33. The van der Waals surface area contributed by atoms with Crippen LogP contribution < -0.4 is 0 Å². The Morgan fingerprint density at radius 1 is 1.05 bits per heavy atom. The number of aromatic nitrogens is 2. The summed E-state index contributed by atoms with van der Waals surface area (Å²) >= 11 is 4.62. The van der Waals surface area contributed by atoms with Crippen LogP contribution in [0.5, 0.6) is 0 Å². The molecule has 1 heterocycles. The molecule has 3 rings (SSSR count). The predicted octanol–water partition coefficient (Wildman–Crippen LogP) is 4.43. The van der Waals surface area contributed by atoms with Gasteiger partial charge in [0.15, 0.2) is 0 Å².